The number of hydrogen-bond donors (Lipinski definition) is 2. The number of imidazole rings is 1. The van der Waals surface area contributed by atoms with Gasteiger partial charge in [0.1, 0.15) is 11.6 Å². The van der Waals surface area contributed by atoms with Crippen molar-refractivity contribution >= 4 is 22.8 Å². The SMILES string of the molecule is Cc1ccnc(NC(=O)CCc2nc3ccccc3[nH]2)c1. The van der Waals surface area contributed by atoms with Gasteiger partial charge in [0.2, 0.25) is 5.91 Å². The van der Waals surface area contributed by atoms with E-state index in [0.29, 0.717) is 18.7 Å². The van der Waals surface area contributed by atoms with Crippen molar-refractivity contribution in [3.05, 3.63) is 54.0 Å². The summed E-state index contributed by atoms with van der Waals surface area (Å²) in [4.78, 5) is 23.7. The quantitative estimate of drug-likeness (QED) is 0.772. The number of rotatable bonds is 4. The summed E-state index contributed by atoms with van der Waals surface area (Å²) in [5.74, 6) is 1.35. The van der Waals surface area contributed by atoms with Crippen molar-refractivity contribution in [2.75, 3.05) is 5.32 Å². The van der Waals surface area contributed by atoms with E-state index in [9.17, 15) is 4.79 Å². The molecule has 0 spiro atoms. The maximum atomic E-state index is 11.9. The van der Waals surface area contributed by atoms with E-state index in [4.69, 9.17) is 0 Å². The number of anilines is 1. The first-order valence-corrected chi connectivity index (χ1v) is 6.87. The average molecular weight is 280 g/mol. The van der Waals surface area contributed by atoms with E-state index in [1.54, 1.807) is 6.20 Å². The lowest BCUT2D eigenvalue weighted by Crippen LogP contribution is -2.13. The molecule has 3 aromatic rings. The third-order valence-electron chi connectivity index (χ3n) is 3.21. The predicted octanol–water partition coefficient (Wildman–Crippen LogP) is 2.84. The Labute approximate surface area is 122 Å². The zero-order chi connectivity index (χ0) is 14.7. The Morgan fingerprint density at radius 2 is 2.14 bits per heavy atom. The third-order valence-corrected chi connectivity index (χ3v) is 3.21. The summed E-state index contributed by atoms with van der Waals surface area (Å²) in [5, 5.41) is 2.80. The molecule has 21 heavy (non-hydrogen) atoms. The molecule has 0 unspecified atom stereocenters. The largest absolute Gasteiger partial charge is 0.342 e. The Morgan fingerprint density at radius 3 is 2.95 bits per heavy atom. The molecule has 2 heterocycles. The number of para-hydroxylation sites is 2. The Morgan fingerprint density at radius 1 is 1.29 bits per heavy atom. The molecule has 1 aromatic carbocycles. The lowest BCUT2D eigenvalue weighted by molar-refractivity contribution is -0.116. The number of aromatic amines is 1. The number of H-pyrrole nitrogens is 1. The van der Waals surface area contributed by atoms with E-state index >= 15 is 0 Å². The van der Waals surface area contributed by atoms with E-state index < -0.39 is 0 Å². The maximum Gasteiger partial charge on any atom is 0.225 e. The van der Waals surface area contributed by atoms with Crippen molar-refractivity contribution in [1.82, 2.24) is 15.0 Å². The number of carbonyl (C=O) groups is 1. The first-order chi connectivity index (χ1) is 10.2. The Kier molecular flexibility index (Phi) is 3.64. The lowest BCUT2D eigenvalue weighted by Gasteiger charge is -2.04. The van der Waals surface area contributed by atoms with Crippen molar-refractivity contribution in [3.63, 3.8) is 0 Å². The summed E-state index contributed by atoms with van der Waals surface area (Å²) in [6, 6.07) is 11.6. The fraction of sp³-hybridized carbons (Fsp3) is 0.188. The number of benzene rings is 1. The molecule has 0 saturated heterocycles. The van der Waals surface area contributed by atoms with Gasteiger partial charge in [-0.15, -0.1) is 0 Å². The van der Waals surface area contributed by atoms with Gasteiger partial charge in [-0.05, 0) is 36.8 Å². The number of carbonyl (C=O) groups excluding carboxylic acids is 1. The van der Waals surface area contributed by atoms with Crippen LogP contribution in [0.3, 0.4) is 0 Å². The minimum Gasteiger partial charge on any atom is -0.342 e. The average Bonchev–Trinajstić information content (AvgIpc) is 2.88. The molecular weight excluding hydrogens is 264 g/mol. The van der Waals surface area contributed by atoms with Crippen LogP contribution in [0, 0.1) is 6.92 Å². The fourth-order valence-electron chi connectivity index (χ4n) is 2.17. The van der Waals surface area contributed by atoms with Crippen molar-refractivity contribution in [2.24, 2.45) is 0 Å². The molecule has 0 aliphatic heterocycles. The fourth-order valence-corrected chi connectivity index (χ4v) is 2.17. The van der Waals surface area contributed by atoms with Crippen molar-refractivity contribution < 1.29 is 4.79 Å². The monoisotopic (exact) mass is 280 g/mol. The normalized spacial score (nSPS) is 10.7. The standard InChI is InChI=1S/C16H16N4O/c1-11-8-9-17-15(10-11)20-16(21)7-6-14-18-12-4-2-3-5-13(12)19-14/h2-5,8-10H,6-7H2,1H3,(H,18,19)(H,17,20,21). The van der Waals surface area contributed by atoms with Crippen LogP contribution in [0.5, 0.6) is 0 Å². The first-order valence-electron chi connectivity index (χ1n) is 6.87. The molecule has 2 N–H and O–H groups in total. The van der Waals surface area contributed by atoms with Crippen molar-refractivity contribution in [2.45, 2.75) is 19.8 Å². The number of nitrogens with one attached hydrogen (secondary N) is 2. The zero-order valence-corrected chi connectivity index (χ0v) is 11.8. The van der Waals surface area contributed by atoms with Gasteiger partial charge in [-0.1, -0.05) is 12.1 Å². The minimum absolute atomic E-state index is 0.0615. The molecule has 0 aliphatic carbocycles. The van der Waals surface area contributed by atoms with Crippen LogP contribution >= 0.6 is 0 Å². The first kappa shape index (κ1) is 13.3. The van der Waals surface area contributed by atoms with E-state index in [-0.39, 0.29) is 5.91 Å². The van der Waals surface area contributed by atoms with Crippen LogP contribution in [-0.2, 0) is 11.2 Å². The van der Waals surface area contributed by atoms with Gasteiger partial charge >= 0.3 is 0 Å². The van der Waals surface area contributed by atoms with Gasteiger partial charge in [0, 0.05) is 19.0 Å². The number of fused-ring (bicyclic) bond motifs is 1. The van der Waals surface area contributed by atoms with Crippen LogP contribution in [-0.4, -0.2) is 20.9 Å². The summed E-state index contributed by atoms with van der Waals surface area (Å²) in [6.45, 7) is 1.96. The molecule has 0 saturated carbocycles. The van der Waals surface area contributed by atoms with Crippen LogP contribution in [0.1, 0.15) is 17.8 Å². The van der Waals surface area contributed by atoms with Crippen LogP contribution in [0.2, 0.25) is 0 Å². The van der Waals surface area contributed by atoms with Gasteiger partial charge in [-0.3, -0.25) is 4.79 Å². The molecule has 5 nitrogen and oxygen atoms in total. The molecule has 0 bridgehead atoms. The second kappa shape index (κ2) is 5.75. The van der Waals surface area contributed by atoms with Gasteiger partial charge in [-0.2, -0.15) is 0 Å². The molecule has 1 amide bonds. The van der Waals surface area contributed by atoms with Crippen molar-refractivity contribution in [1.29, 1.82) is 0 Å². The third kappa shape index (κ3) is 3.25. The highest BCUT2D eigenvalue weighted by atomic mass is 16.1. The maximum absolute atomic E-state index is 11.9. The van der Waals surface area contributed by atoms with Gasteiger partial charge in [0.25, 0.3) is 0 Å². The number of hydrogen-bond acceptors (Lipinski definition) is 3. The number of nitrogens with zero attached hydrogens (tertiary/aromatic N) is 2. The van der Waals surface area contributed by atoms with E-state index in [1.165, 1.54) is 0 Å². The molecule has 106 valence electrons. The Hall–Kier alpha value is -2.69. The van der Waals surface area contributed by atoms with E-state index in [2.05, 4.69) is 20.3 Å². The van der Waals surface area contributed by atoms with E-state index in [0.717, 1.165) is 22.4 Å². The number of amides is 1. The zero-order valence-electron chi connectivity index (χ0n) is 11.8. The van der Waals surface area contributed by atoms with Gasteiger partial charge in [0.15, 0.2) is 0 Å². The summed E-state index contributed by atoms with van der Waals surface area (Å²) in [6.07, 6.45) is 2.63. The second-order valence-electron chi connectivity index (χ2n) is 4.97. The lowest BCUT2D eigenvalue weighted by atomic mass is 10.2. The molecule has 0 aliphatic rings. The highest BCUT2D eigenvalue weighted by Crippen LogP contribution is 2.12. The number of pyridine rings is 1. The molecule has 0 fully saturated rings. The highest BCUT2D eigenvalue weighted by Gasteiger charge is 2.07. The second-order valence-corrected chi connectivity index (χ2v) is 4.97. The summed E-state index contributed by atoms with van der Waals surface area (Å²) in [7, 11) is 0. The van der Waals surface area contributed by atoms with Crippen LogP contribution < -0.4 is 5.32 Å². The minimum atomic E-state index is -0.0615. The summed E-state index contributed by atoms with van der Waals surface area (Å²) < 4.78 is 0. The molecule has 5 heteroatoms. The highest BCUT2D eigenvalue weighted by molar-refractivity contribution is 5.89. The van der Waals surface area contributed by atoms with Crippen LogP contribution in [0.15, 0.2) is 42.6 Å². The molecule has 0 radical (unpaired) electrons. The molecule has 3 rings (SSSR count). The van der Waals surface area contributed by atoms with Crippen LogP contribution in [0.25, 0.3) is 11.0 Å². The van der Waals surface area contributed by atoms with E-state index in [1.807, 2.05) is 43.3 Å². The smallest absolute Gasteiger partial charge is 0.225 e. The summed E-state index contributed by atoms with van der Waals surface area (Å²) in [5.41, 5.74) is 2.99. The molecular formula is C16H16N4O. The van der Waals surface area contributed by atoms with Gasteiger partial charge < -0.3 is 10.3 Å². The Bertz CT molecular complexity index is 746. The van der Waals surface area contributed by atoms with Crippen molar-refractivity contribution in [3.8, 4) is 0 Å². The Balaban J connectivity index is 1.60. The number of aryl methyl sites for hydroxylation is 2. The molecule has 0 atom stereocenters. The molecule has 2 aromatic heterocycles. The summed E-state index contributed by atoms with van der Waals surface area (Å²) >= 11 is 0. The van der Waals surface area contributed by atoms with Crippen LogP contribution in [0.4, 0.5) is 5.82 Å². The number of aromatic nitrogens is 3. The topological polar surface area (TPSA) is 70.7 Å². The predicted molar refractivity (Wildman–Crippen MR) is 82.0 cm³/mol. The van der Waals surface area contributed by atoms with Gasteiger partial charge in [-0.25, -0.2) is 9.97 Å². The van der Waals surface area contributed by atoms with Gasteiger partial charge in [0.05, 0.1) is 11.0 Å².